The zero-order chi connectivity index (χ0) is 13.4. The van der Waals surface area contributed by atoms with Crippen LogP contribution in [0.3, 0.4) is 0 Å². The van der Waals surface area contributed by atoms with Gasteiger partial charge in [-0.05, 0) is 34.2 Å². The molecule has 1 amide bonds. The molecule has 0 fully saturated rings. The van der Waals surface area contributed by atoms with E-state index in [4.69, 9.17) is 5.26 Å². The molecule has 0 heterocycles. The summed E-state index contributed by atoms with van der Waals surface area (Å²) in [5.74, 6) is 0.115. The number of nitriles is 1. The minimum atomic E-state index is -0.143. The normalized spacial score (nSPS) is 14.2. The molecule has 0 aliphatic carbocycles. The van der Waals surface area contributed by atoms with Gasteiger partial charge in [-0.15, -0.1) is 0 Å². The molecule has 0 aromatic rings. The van der Waals surface area contributed by atoms with E-state index in [9.17, 15) is 4.79 Å². The molecular formula is C13H25N3O. The van der Waals surface area contributed by atoms with E-state index in [0.29, 0.717) is 6.54 Å². The molecule has 0 N–H and O–H groups in total. The van der Waals surface area contributed by atoms with Gasteiger partial charge < -0.3 is 4.90 Å². The van der Waals surface area contributed by atoms with Gasteiger partial charge in [0.25, 0.3) is 0 Å². The Hall–Kier alpha value is -1.08. The van der Waals surface area contributed by atoms with Crippen molar-refractivity contribution < 1.29 is 4.79 Å². The zero-order valence-electron chi connectivity index (χ0n) is 11.7. The summed E-state index contributed by atoms with van der Waals surface area (Å²) < 4.78 is 0. The molecule has 98 valence electrons. The third kappa shape index (κ3) is 4.74. The molecule has 0 aliphatic rings. The Labute approximate surface area is 105 Å². The molecule has 2 unspecified atom stereocenters. The summed E-state index contributed by atoms with van der Waals surface area (Å²) in [6, 6.07) is 2.07. The minimum Gasteiger partial charge on any atom is -0.342 e. The van der Waals surface area contributed by atoms with Gasteiger partial charge in [-0.25, -0.2) is 0 Å². The molecule has 0 saturated carbocycles. The van der Waals surface area contributed by atoms with E-state index in [1.165, 1.54) is 0 Å². The Balaban J connectivity index is 4.58. The first-order valence-corrected chi connectivity index (χ1v) is 6.44. The van der Waals surface area contributed by atoms with Gasteiger partial charge in [0, 0.05) is 19.6 Å². The summed E-state index contributed by atoms with van der Waals surface area (Å²) >= 11 is 0. The van der Waals surface area contributed by atoms with E-state index < -0.39 is 0 Å². The summed E-state index contributed by atoms with van der Waals surface area (Å²) in [5.41, 5.74) is 0. The van der Waals surface area contributed by atoms with Crippen molar-refractivity contribution in [3.05, 3.63) is 0 Å². The maximum atomic E-state index is 12.2. The molecule has 2 atom stereocenters. The largest absolute Gasteiger partial charge is 0.342 e. The fourth-order valence-corrected chi connectivity index (χ4v) is 1.91. The van der Waals surface area contributed by atoms with Crippen LogP contribution in [-0.4, -0.2) is 47.9 Å². The van der Waals surface area contributed by atoms with Crippen LogP contribution < -0.4 is 0 Å². The molecule has 0 aliphatic heterocycles. The fraction of sp³-hybridized carbons (Fsp3) is 0.846. The first kappa shape index (κ1) is 15.9. The van der Waals surface area contributed by atoms with Crippen LogP contribution in [0.1, 0.15) is 34.6 Å². The number of nitrogens with zero attached hydrogens (tertiary/aromatic N) is 3. The number of rotatable bonds is 7. The number of hydrogen-bond acceptors (Lipinski definition) is 3. The Morgan fingerprint density at radius 2 is 1.71 bits per heavy atom. The molecule has 0 spiro atoms. The SMILES string of the molecule is CCN(CC)C(=O)C(C)N(CC)CC(C)C#N. The van der Waals surface area contributed by atoms with Crippen molar-refractivity contribution in [2.24, 2.45) is 5.92 Å². The lowest BCUT2D eigenvalue weighted by Crippen LogP contribution is -2.48. The lowest BCUT2D eigenvalue weighted by Gasteiger charge is -2.31. The molecule has 0 bridgehead atoms. The number of carbonyl (C=O) groups is 1. The minimum absolute atomic E-state index is 0.0399. The van der Waals surface area contributed by atoms with Crippen molar-refractivity contribution in [2.75, 3.05) is 26.2 Å². The molecule has 4 nitrogen and oxygen atoms in total. The molecule has 17 heavy (non-hydrogen) atoms. The van der Waals surface area contributed by atoms with Gasteiger partial charge in [0.1, 0.15) is 0 Å². The summed E-state index contributed by atoms with van der Waals surface area (Å²) in [7, 11) is 0. The Kier molecular flexibility index (Phi) is 7.56. The van der Waals surface area contributed by atoms with Crippen molar-refractivity contribution in [1.82, 2.24) is 9.80 Å². The quantitative estimate of drug-likeness (QED) is 0.679. The second-order valence-electron chi connectivity index (χ2n) is 4.30. The summed E-state index contributed by atoms with van der Waals surface area (Å²) in [4.78, 5) is 16.1. The van der Waals surface area contributed by atoms with Crippen LogP contribution in [0.2, 0.25) is 0 Å². The number of carbonyl (C=O) groups excluding carboxylic acids is 1. The molecule has 0 aromatic carbocycles. The lowest BCUT2D eigenvalue weighted by atomic mass is 10.1. The van der Waals surface area contributed by atoms with E-state index in [-0.39, 0.29) is 17.9 Å². The monoisotopic (exact) mass is 239 g/mol. The summed E-state index contributed by atoms with van der Waals surface area (Å²) in [6.07, 6.45) is 0. The van der Waals surface area contributed by atoms with Crippen LogP contribution in [0, 0.1) is 17.2 Å². The Morgan fingerprint density at radius 3 is 2.06 bits per heavy atom. The Bertz CT molecular complexity index is 268. The average Bonchev–Trinajstić information content (AvgIpc) is 2.35. The summed E-state index contributed by atoms with van der Waals surface area (Å²) in [5, 5.41) is 8.83. The second-order valence-corrected chi connectivity index (χ2v) is 4.30. The standard InChI is InChI=1S/C13H25N3O/c1-6-15(7-2)13(17)12(5)16(8-3)10-11(4)9-14/h11-12H,6-8,10H2,1-5H3. The van der Waals surface area contributed by atoms with Crippen molar-refractivity contribution in [2.45, 2.75) is 40.7 Å². The van der Waals surface area contributed by atoms with Crippen LogP contribution in [0.5, 0.6) is 0 Å². The second kappa shape index (κ2) is 8.08. The van der Waals surface area contributed by atoms with Gasteiger partial charge in [-0.3, -0.25) is 9.69 Å². The van der Waals surface area contributed by atoms with Crippen LogP contribution in [-0.2, 0) is 4.79 Å². The van der Waals surface area contributed by atoms with Gasteiger partial charge in [0.15, 0.2) is 0 Å². The molecule has 0 aromatic heterocycles. The first-order chi connectivity index (χ1) is 8.01. The van der Waals surface area contributed by atoms with Gasteiger partial charge >= 0.3 is 0 Å². The predicted octanol–water partition coefficient (Wildman–Crippen LogP) is 1.72. The van der Waals surface area contributed by atoms with E-state index in [2.05, 4.69) is 11.0 Å². The molecule has 0 saturated heterocycles. The predicted molar refractivity (Wildman–Crippen MR) is 69.4 cm³/mol. The van der Waals surface area contributed by atoms with Gasteiger partial charge in [-0.1, -0.05) is 6.92 Å². The maximum absolute atomic E-state index is 12.2. The van der Waals surface area contributed by atoms with Crippen LogP contribution in [0.4, 0.5) is 0 Å². The third-order valence-electron chi connectivity index (χ3n) is 3.12. The number of likely N-dealkylation sites (N-methyl/N-ethyl adjacent to an activating group) is 2. The van der Waals surface area contributed by atoms with Gasteiger partial charge in [-0.2, -0.15) is 5.26 Å². The molecule has 0 rings (SSSR count). The molecule has 4 heteroatoms. The zero-order valence-corrected chi connectivity index (χ0v) is 11.7. The highest BCUT2D eigenvalue weighted by Gasteiger charge is 2.24. The van der Waals surface area contributed by atoms with Crippen LogP contribution in [0.15, 0.2) is 0 Å². The smallest absolute Gasteiger partial charge is 0.239 e. The summed E-state index contributed by atoms with van der Waals surface area (Å²) in [6.45, 7) is 12.7. The third-order valence-corrected chi connectivity index (χ3v) is 3.12. The van der Waals surface area contributed by atoms with Gasteiger partial charge in [0.05, 0.1) is 18.0 Å². The van der Waals surface area contributed by atoms with E-state index in [0.717, 1.165) is 19.6 Å². The maximum Gasteiger partial charge on any atom is 0.239 e. The highest BCUT2D eigenvalue weighted by atomic mass is 16.2. The topological polar surface area (TPSA) is 47.3 Å². The van der Waals surface area contributed by atoms with Crippen molar-refractivity contribution in [1.29, 1.82) is 5.26 Å². The van der Waals surface area contributed by atoms with Crippen molar-refractivity contribution in [3.8, 4) is 6.07 Å². The van der Waals surface area contributed by atoms with E-state index >= 15 is 0 Å². The fourth-order valence-electron chi connectivity index (χ4n) is 1.91. The Morgan fingerprint density at radius 1 is 1.18 bits per heavy atom. The number of hydrogen-bond donors (Lipinski definition) is 0. The average molecular weight is 239 g/mol. The van der Waals surface area contributed by atoms with E-state index in [1.54, 1.807) is 0 Å². The van der Waals surface area contributed by atoms with Crippen LogP contribution in [0.25, 0.3) is 0 Å². The van der Waals surface area contributed by atoms with Crippen molar-refractivity contribution in [3.63, 3.8) is 0 Å². The van der Waals surface area contributed by atoms with Crippen LogP contribution >= 0.6 is 0 Å². The van der Waals surface area contributed by atoms with Crippen molar-refractivity contribution >= 4 is 5.91 Å². The molecular weight excluding hydrogens is 214 g/mol. The lowest BCUT2D eigenvalue weighted by molar-refractivity contribution is -0.136. The van der Waals surface area contributed by atoms with Gasteiger partial charge in [0.2, 0.25) is 5.91 Å². The van der Waals surface area contributed by atoms with E-state index in [1.807, 2.05) is 39.5 Å². The number of amides is 1. The highest BCUT2D eigenvalue weighted by Crippen LogP contribution is 2.07. The first-order valence-electron chi connectivity index (χ1n) is 6.44. The molecule has 0 radical (unpaired) electrons. The highest BCUT2D eigenvalue weighted by molar-refractivity contribution is 5.81.